The number of hydrogen-bond donors (Lipinski definition) is 0. The molecule has 0 radical (unpaired) electrons. The third-order valence-corrected chi connectivity index (χ3v) is 5.54. The molecule has 1 aromatic heterocycles. The molecule has 0 N–H and O–H groups in total. The maximum atomic E-state index is 5.51. The van der Waals surface area contributed by atoms with Crippen molar-refractivity contribution in [2.75, 3.05) is 31.1 Å². The second-order valence-electron chi connectivity index (χ2n) is 7.18. The minimum Gasteiger partial charge on any atom is -0.369 e. The molecule has 5 heteroatoms. The van der Waals surface area contributed by atoms with Crippen LogP contribution in [0.15, 0.2) is 22.7 Å². The van der Waals surface area contributed by atoms with Crippen LogP contribution in [0.2, 0.25) is 0 Å². The van der Waals surface area contributed by atoms with Gasteiger partial charge < -0.3 is 9.42 Å². The quantitative estimate of drug-likeness (QED) is 0.861. The van der Waals surface area contributed by atoms with Crippen molar-refractivity contribution in [2.45, 2.75) is 45.6 Å². The van der Waals surface area contributed by atoms with Crippen LogP contribution in [0.25, 0.3) is 0 Å². The Morgan fingerprint density at radius 3 is 2.58 bits per heavy atom. The van der Waals surface area contributed by atoms with Gasteiger partial charge in [-0.25, -0.2) is 0 Å². The van der Waals surface area contributed by atoms with Gasteiger partial charge in [0.05, 0.1) is 6.04 Å². The van der Waals surface area contributed by atoms with Crippen molar-refractivity contribution in [3.63, 3.8) is 0 Å². The van der Waals surface area contributed by atoms with E-state index in [1.807, 2.05) is 0 Å². The summed E-state index contributed by atoms with van der Waals surface area (Å²) in [6.07, 6.45) is 2.42. The minimum absolute atomic E-state index is 0.200. The topological polar surface area (TPSA) is 45.4 Å². The lowest BCUT2D eigenvalue weighted by Crippen LogP contribution is -2.47. The highest BCUT2D eigenvalue weighted by Crippen LogP contribution is 2.38. The summed E-state index contributed by atoms with van der Waals surface area (Å²) in [4.78, 5) is 9.56. The number of benzene rings is 1. The van der Waals surface area contributed by atoms with Crippen molar-refractivity contribution in [2.24, 2.45) is 0 Å². The summed E-state index contributed by atoms with van der Waals surface area (Å²) >= 11 is 0. The Hall–Kier alpha value is -1.88. The number of hydrogen-bond acceptors (Lipinski definition) is 5. The van der Waals surface area contributed by atoms with Gasteiger partial charge in [-0.2, -0.15) is 4.98 Å². The Labute approximate surface area is 143 Å². The molecule has 24 heavy (non-hydrogen) atoms. The lowest BCUT2D eigenvalue weighted by Gasteiger charge is -2.38. The van der Waals surface area contributed by atoms with Crippen LogP contribution in [-0.4, -0.2) is 41.2 Å². The van der Waals surface area contributed by atoms with Crippen LogP contribution in [0.4, 0.5) is 5.69 Å². The van der Waals surface area contributed by atoms with Gasteiger partial charge in [0.2, 0.25) is 5.89 Å². The fraction of sp³-hybridized carbons (Fsp3) is 0.579. The number of rotatable bonds is 4. The molecular weight excluding hydrogens is 300 g/mol. The highest BCUT2D eigenvalue weighted by atomic mass is 16.5. The zero-order valence-corrected chi connectivity index (χ0v) is 14.8. The predicted molar refractivity (Wildman–Crippen MR) is 94.4 cm³/mol. The lowest BCUT2D eigenvalue weighted by atomic mass is 10.1. The summed E-state index contributed by atoms with van der Waals surface area (Å²) in [5, 5.41) is 4.15. The maximum absolute atomic E-state index is 5.51. The van der Waals surface area contributed by atoms with E-state index in [-0.39, 0.29) is 6.04 Å². The van der Waals surface area contributed by atoms with Crippen molar-refractivity contribution in [1.29, 1.82) is 0 Å². The second-order valence-corrected chi connectivity index (χ2v) is 7.18. The van der Waals surface area contributed by atoms with Gasteiger partial charge in [0.25, 0.3) is 0 Å². The van der Waals surface area contributed by atoms with E-state index >= 15 is 0 Å². The molecule has 1 atom stereocenters. The second kappa shape index (κ2) is 6.20. The number of aryl methyl sites for hydroxylation is 1. The first-order valence-corrected chi connectivity index (χ1v) is 9.02. The first kappa shape index (κ1) is 15.6. The van der Waals surface area contributed by atoms with E-state index < -0.39 is 0 Å². The summed E-state index contributed by atoms with van der Waals surface area (Å²) in [5.41, 5.74) is 4.13. The standard InChI is InChI=1S/C19H26N4O/c1-13-5-4-6-17(14(13)2)23-11-9-22(10-12-23)15(3)19-20-18(21-24-19)16-7-8-16/h4-6,15-16H,7-12H2,1-3H3. The van der Waals surface area contributed by atoms with Crippen LogP contribution in [0, 0.1) is 13.8 Å². The Kier molecular flexibility index (Phi) is 4.04. The minimum atomic E-state index is 0.200. The molecular formula is C19H26N4O. The zero-order chi connectivity index (χ0) is 16.7. The number of piperazine rings is 1. The Morgan fingerprint density at radius 2 is 1.88 bits per heavy atom. The van der Waals surface area contributed by atoms with Crippen molar-refractivity contribution < 1.29 is 4.52 Å². The van der Waals surface area contributed by atoms with Crippen molar-refractivity contribution in [3.8, 4) is 0 Å². The van der Waals surface area contributed by atoms with E-state index in [1.165, 1.54) is 29.7 Å². The highest BCUT2D eigenvalue weighted by Gasteiger charge is 2.31. The van der Waals surface area contributed by atoms with Gasteiger partial charge in [-0.3, -0.25) is 4.90 Å². The van der Waals surface area contributed by atoms with Gasteiger partial charge in [0.1, 0.15) is 0 Å². The molecule has 1 aliphatic carbocycles. The molecule has 1 unspecified atom stereocenters. The molecule has 4 rings (SSSR count). The summed E-state index contributed by atoms with van der Waals surface area (Å²) in [6.45, 7) is 10.7. The average Bonchev–Trinajstić information content (AvgIpc) is 3.34. The monoisotopic (exact) mass is 326 g/mol. The number of nitrogens with zero attached hydrogens (tertiary/aromatic N) is 4. The Bertz CT molecular complexity index is 714. The number of anilines is 1. The summed E-state index contributed by atoms with van der Waals surface area (Å²) in [6, 6.07) is 6.78. The van der Waals surface area contributed by atoms with Crippen LogP contribution in [0.3, 0.4) is 0 Å². The fourth-order valence-electron chi connectivity index (χ4n) is 3.51. The van der Waals surface area contributed by atoms with Gasteiger partial charge >= 0.3 is 0 Å². The van der Waals surface area contributed by atoms with Crippen molar-refractivity contribution in [3.05, 3.63) is 41.0 Å². The molecule has 2 aliphatic rings. The lowest BCUT2D eigenvalue weighted by molar-refractivity contribution is 0.164. The molecule has 1 saturated carbocycles. The molecule has 0 bridgehead atoms. The smallest absolute Gasteiger partial charge is 0.243 e. The van der Waals surface area contributed by atoms with Gasteiger partial charge in [0, 0.05) is 37.8 Å². The van der Waals surface area contributed by atoms with E-state index in [1.54, 1.807) is 0 Å². The van der Waals surface area contributed by atoms with Gasteiger partial charge in [-0.15, -0.1) is 0 Å². The molecule has 2 fully saturated rings. The zero-order valence-electron chi connectivity index (χ0n) is 14.8. The summed E-state index contributed by atoms with van der Waals surface area (Å²) in [7, 11) is 0. The molecule has 2 aromatic rings. The first-order valence-electron chi connectivity index (χ1n) is 9.02. The molecule has 1 aliphatic heterocycles. The third kappa shape index (κ3) is 2.93. The van der Waals surface area contributed by atoms with Crippen LogP contribution in [-0.2, 0) is 0 Å². The van der Waals surface area contributed by atoms with E-state index in [4.69, 9.17) is 4.52 Å². The van der Waals surface area contributed by atoms with Crippen LogP contribution >= 0.6 is 0 Å². The summed E-state index contributed by atoms with van der Waals surface area (Å²) in [5.74, 6) is 2.24. The normalized spacial score (nSPS) is 20.4. The van der Waals surface area contributed by atoms with E-state index in [0.29, 0.717) is 5.92 Å². The predicted octanol–water partition coefficient (Wildman–Crippen LogP) is 3.45. The van der Waals surface area contributed by atoms with Crippen molar-refractivity contribution in [1.82, 2.24) is 15.0 Å². The molecule has 1 saturated heterocycles. The van der Waals surface area contributed by atoms with Crippen LogP contribution in [0.5, 0.6) is 0 Å². The third-order valence-electron chi connectivity index (χ3n) is 5.54. The highest BCUT2D eigenvalue weighted by molar-refractivity contribution is 5.56. The van der Waals surface area contributed by atoms with Gasteiger partial charge in [0.15, 0.2) is 5.82 Å². The molecule has 5 nitrogen and oxygen atoms in total. The molecule has 0 amide bonds. The first-order chi connectivity index (χ1) is 11.6. The average molecular weight is 326 g/mol. The number of aromatic nitrogens is 2. The van der Waals surface area contributed by atoms with Gasteiger partial charge in [-0.1, -0.05) is 17.3 Å². The Morgan fingerprint density at radius 1 is 1.12 bits per heavy atom. The molecule has 0 spiro atoms. The van der Waals surface area contributed by atoms with E-state index in [9.17, 15) is 0 Å². The SMILES string of the molecule is Cc1cccc(N2CCN(C(C)c3nc(C4CC4)no3)CC2)c1C. The Balaban J connectivity index is 1.40. The maximum Gasteiger partial charge on any atom is 0.243 e. The largest absolute Gasteiger partial charge is 0.369 e. The van der Waals surface area contributed by atoms with E-state index in [2.05, 4.69) is 58.9 Å². The molecule has 2 heterocycles. The van der Waals surface area contributed by atoms with Gasteiger partial charge in [-0.05, 0) is 50.8 Å². The molecule has 1 aromatic carbocycles. The van der Waals surface area contributed by atoms with Crippen LogP contribution < -0.4 is 4.90 Å². The van der Waals surface area contributed by atoms with Crippen molar-refractivity contribution >= 4 is 5.69 Å². The van der Waals surface area contributed by atoms with E-state index in [0.717, 1.165) is 37.9 Å². The molecule has 128 valence electrons. The fourth-order valence-corrected chi connectivity index (χ4v) is 3.51. The summed E-state index contributed by atoms with van der Waals surface area (Å²) < 4.78 is 5.51. The van der Waals surface area contributed by atoms with Crippen LogP contribution in [0.1, 0.15) is 54.6 Å².